The van der Waals surface area contributed by atoms with Gasteiger partial charge in [-0.2, -0.15) is 0 Å². The van der Waals surface area contributed by atoms with Gasteiger partial charge < -0.3 is 4.65 Å². The second-order valence-electron chi connectivity index (χ2n) is 4.74. The van der Waals surface area contributed by atoms with E-state index in [9.17, 15) is 0 Å². The molecule has 0 radical (unpaired) electrons. The molecule has 0 unspecified atom stereocenters. The number of rotatable bonds is 5. The van der Waals surface area contributed by atoms with Crippen molar-refractivity contribution in [2.24, 2.45) is 0 Å². The normalized spacial score (nSPS) is 10.1. The molecule has 1 aromatic carbocycles. The zero-order chi connectivity index (χ0) is 12.1. The predicted octanol–water partition coefficient (Wildman–Crippen LogP) is 2.27. The molecule has 1 nitrogen and oxygen atoms in total. The van der Waals surface area contributed by atoms with Crippen LogP contribution in [0.2, 0.25) is 20.0 Å². The van der Waals surface area contributed by atoms with Crippen LogP contribution in [0, 0.1) is 6.92 Å². The predicted molar refractivity (Wildman–Crippen MR) is 77.3 cm³/mol. The van der Waals surface area contributed by atoms with Gasteiger partial charge in [0.25, 0.3) is 0 Å². The van der Waals surface area contributed by atoms with E-state index in [0.29, 0.717) is 19.9 Å². The Labute approximate surface area is 101 Å². The standard InChI is InChI=1S/C12H21B3O/c1-6-15(16-5)14(4)13(3)12-9-7-8-11(2)10-12/h7-10H,6H2,1-5H3. The van der Waals surface area contributed by atoms with Crippen LogP contribution in [-0.4, -0.2) is 27.0 Å². The summed E-state index contributed by atoms with van der Waals surface area (Å²) in [7, 11) is 1.81. The lowest BCUT2D eigenvalue weighted by atomic mass is 8.92. The largest absolute Gasteiger partial charge is 0.447 e. The van der Waals surface area contributed by atoms with Crippen molar-refractivity contribution < 1.29 is 4.65 Å². The van der Waals surface area contributed by atoms with E-state index in [1.165, 1.54) is 11.0 Å². The van der Waals surface area contributed by atoms with Gasteiger partial charge in [-0.3, -0.25) is 0 Å². The first kappa shape index (κ1) is 13.4. The first-order chi connectivity index (χ1) is 7.60. The molecule has 4 heteroatoms. The first-order valence-electron chi connectivity index (χ1n) is 6.19. The molecule has 0 saturated carbocycles. The lowest BCUT2D eigenvalue weighted by Crippen LogP contribution is -2.52. The quantitative estimate of drug-likeness (QED) is 0.682. The Bertz CT molecular complexity index is 326. The van der Waals surface area contributed by atoms with E-state index in [-0.39, 0.29) is 0 Å². The molecule has 84 valence electrons. The molecular weight excluding hydrogens is 193 g/mol. The van der Waals surface area contributed by atoms with Gasteiger partial charge in [0, 0.05) is 7.11 Å². The Morgan fingerprint density at radius 3 is 2.44 bits per heavy atom. The second-order valence-corrected chi connectivity index (χ2v) is 4.74. The Kier molecular flexibility index (Phi) is 5.20. The summed E-state index contributed by atoms with van der Waals surface area (Å²) >= 11 is 0. The van der Waals surface area contributed by atoms with Gasteiger partial charge >= 0.3 is 0 Å². The summed E-state index contributed by atoms with van der Waals surface area (Å²) in [5.41, 5.74) is 2.75. The maximum atomic E-state index is 5.53. The zero-order valence-electron chi connectivity index (χ0n) is 11.2. The molecule has 0 saturated heterocycles. The van der Waals surface area contributed by atoms with Gasteiger partial charge in [-0.15, -0.1) is 0 Å². The summed E-state index contributed by atoms with van der Waals surface area (Å²) in [6.45, 7) is 10.4. The highest BCUT2D eigenvalue weighted by molar-refractivity contribution is 7.51. The van der Waals surface area contributed by atoms with Gasteiger partial charge in [-0.25, -0.2) is 0 Å². The Morgan fingerprint density at radius 2 is 1.94 bits per heavy atom. The van der Waals surface area contributed by atoms with Gasteiger partial charge in [-0.1, -0.05) is 62.2 Å². The number of hydrogen-bond acceptors (Lipinski definition) is 1. The second kappa shape index (κ2) is 6.19. The van der Waals surface area contributed by atoms with Gasteiger partial charge in [-0.05, 0) is 6.92 Å². The summed E-state index contributed by atoms with van der Waals surface area (Å²) in [6.07, 6.45) is 1.08. The molecule has 0 heterocycles. The lowest BCUT2D eigenvalue weighted by Gasteiger charge is -2.20. The third-order valence-electron chi connectivity index (χ3n) is 3.65. The van der Waals surface area contributed by atoms with Crippen LogP contribution in [0.1, 0.15) is 12.5 Å². The summed E-state index contributed by atoms with van der Waals surface area (Å²) in [5, 5.41) is 0. The minimum atomic E-state index is 0.357. The Morgan fingerprint density at radius 1 is 1.25 bits per heavy atom. The minimum absolute atomic E-state index is 0.357. The van der Waals surface area contributed by atoms with Crippen molar-refractivity contribution in [2.45, 2.75) is 33.8 Å². The molecule has 1 aromatic rings. The van der Waals surface area contributed by atoms with Crippen LogP contribution in [0.3, 0.4) is 0 Å². The zero-order valence-corrected chi connectivity index (χ0v) is 11.2. The van der Waals surface area contributed by atoms with Crippen molar-refractivity contribution in [1.82, 2.24) is 0 Å². The summed E-state index contributed by atoms with van der Waals surface area (Å²) in [5.74, 6) is 0. The maximum Gasteiger partial charge on any atom is 0.247 e. The molecule has 0 N–H and O–H groups in total. The molecular formula is C12H21B3O. The van der Waals surface area contributed by atoms with Crippen LogP contribution in [0.15, 0.2) is 24.3 Å². The summed E-state index contributed by atoms with van der Waals surface area (Å²) in [6, 6.07) is 8.79. The Hall–Kier alpha value is -0.625. The van der Waals surface area contributed by atoms with Crippen LogP contribution in [0.25, 0.3) is 0 Å². The highest BCUT2D eigenvalue weighted by Gasteiger charge is 2.31. The highest BCUT2D eigenvalue weighted by atomic mass is 16.4. The van der Waals surface area contributed by atoms with Gasteiger partial charge in [0.1, 0.15) is 13.1 Å². The molecule has 0 atom stereocenters. The van der Waals surface area contributed by atoms with E-state index in [1.54, 1.807) is 0 Å². The molecule has 0 aliphatic heterocycles. The van der Waals surface area contributed by atoms with Gasteiger partial charge in [0.15, 0.2) is 0 Å². The summed E-state index contributed by atoms with van der Waals surface area (Å²) in [4.78, 5) is 0. The van der Waals surface area contributed by atoms with Crippen molar-refractivity contribution in [2.75, 3.05) is 7.11 Å². The third-order valence-corrected chi connectivity index (χ3v) is 3.65. The van der Waals surface area contributed by atoms with Crippen LogP contribution in [0.4, 0.5) is 0 Å². The topological polar surface area (TPSA) is 9.23 Å². The van der Waals surface area contributed by atoms with E-state index < -0.39 is 0 Å². The molecule has 0 fully saturated rings. The van der Waals surface area contributed by atoms with E-state index >= 15 is 0 Å². The lowest BCUT2D eigenvalue weighted by molar-refractivity contribution is 0.434. The van der Waals surface area contributed by atoms with E-state index in [1.807, 2.05) is 7.11 Å². The fraction of sp³-hybridized carbons (Fsp3) is 0.500. The van der Waals surface area contributed by atoms with Crippen molar-refractivity contribution in [3.8, 4) is 0 Å². The molecule has 0 aliphatic carbocycles. The van der Waals surface area contributed by atoms with Crippen LogP contribution < -0.4 is 5.46 Å². The molecule has 0 spiro atoms. The number of benzene rings is 1. The van der Waals surface area contributed by atoms with Crippen molar-refractivity contribution >= 4 is 25.4 Å². The third kappa shape index (κ3) is 3.18. The van der Waals surface area contributed by atoms with E-state index in [0.717, 1.165) is 6.32 Å². The molecule has 16 heavy (non-hydrogen) atoms. The van der Waals surface area contributed by atoms with Crippen LogP contribution >= 0.6 is 0 Å². The number of aryl methyl sites for hydroxylation is 1. The van der Waals surface area contributed by atoms with Crippen molar-refractivity contribution in [3.05, 3.63) is 29.8 Å². The fourth-order valence-electron chi connectivity index (χ4n) is 2.33. The van der Waals surface area contributed by atoms with E-state index in [2.05, 4.69) is 51.8 Å². The minimum Gasteiger partial charge on any atom is -0.447 e. The molecule has 0 amide bonds. The van der Waals surface area contributed by atoms with Crippen LogP contribution in [0.5, 0.6) is 0 Å². The maximum absolute atomic E-state index is 5.53. The smallest absolute Gasteiger partial charge is 0.247 e. The molecule has 0 aliphatic rings. The Balaban J connectivity index is 2.80. The fourth-order valence-corrected chi connectivity index (χ4v) is 2.33. The van der Waals surface area contributed by atoms with E-state index in [4.69, 9.17) is 4.65 Å². The van der Waals surface area contributed by atoms with Gasteiger partial charge in [0.05, 0.1) is 0 Å². The molecule has 0 aromatic heterocycles. The van der Waals surface area contributed by atoms with Crippen molar-refractivity contribution in [1.29, 1.82) is 0 Å². The molecule has 1 rings (SSSR count). The number of hydrogen-bond donors (Lipinski definition) is 0. The molecule has 0 bridgehead atoms. The average molecular weight is 214 g/mol. The van der Waals surface area contributed by atoms with Gasteiger partial charge in [0.2, 0.25) is 6.81 Å². The van der Waals surface area contributed by atoms with Crippen LogP contribution in [-0.2, 0) is 4.65 Å². The highest BCUT2D eigenvalue weighted by Crippen LogP contribution is 2.04. The SMILES string of the molecule is CCB(OC)B(C)B(C)c1cccc(C)c1. The monoisotopic (exact) mass is 214 g/mol. The first-order valence-corrected chi connectivity index (χ1v) is 6.19. The summed E-state index contributed by atoms with van der Waals surface area (Å²) < 4.78 is 5.53. The van der Waals surface area contributed by atoms with Crippen molar-refractivity contribution in [3.63, 3.8) is 0 Å². The average Bonchev–Trinajstić information content (AvgIpc) is 2.29.